The fraction of sp³-hybridized carbons (Fsp3) is 0.0526. The first kappa shape index (κ1) is 14.3. The summed E-state index contributed by atoms with van der Waals surface area (Å²) in [4.78, 5) is 15.9. The first-order valence-corrected chi connectivity index (χ1v) is 7.70. The number of aliphatic imine (C=N–C) groups is 1. The van der Waals surface area contributed by atoms with Gasteiger partial charge in [0.25, 0.3) is 5.91 Å². The van der Waals surface area contributed by atoms with E-state index >= 15 is 0 Å². The van der Waals surface area contributed by atoms with Crippen molar-refractivity contribution in [2.45, 2.75) is 6.54 Å². The molecule has 5 heteroatoms. The van der Waals surface area contributed by atoms with E-state index < -0.39 is 0 Å². The Morgan fingerprint density at radius 2 is 1.83 bits per heavy atom. The molecule has 0 aliphatic carbocycles. The van der Waals surface area contributed by atoms with Crippen LogP contribution in [0.1, 0.15) is 11.1 Å². The Bertz CT molecular complexity index is 983. The first-order chi connectivity index (χ1) is 11.7. The summed E-state index contributed by atoms with van der Waals surface area (Å²) in [5, 5.41) is 3.57. The highest BCUT2D eigenvalue weighted by Crippen LogP contribution is 2.25. The zero-order valence-corrected chi connectivity index (χ0v) is 12.9. The number of nitrogens with zero attached hydrogens (tertiary/aromatic N) is 2. The molecular formula is C19H16N4O. The van der Waals surface area contributed by atoms with Crippen LogP contribution in [0.25, 0.3) is 17.0 Å². The van der Waals surface area contributed by atoms with Gasteiger partial charge in [0.1, 0.15) is 5.70 Å². The molecule has 1 aliphatic heterocycles. The van der Waals surface area contributed by atoms with E-state index in [2.05, 4.69) is 33.1 Å². The number of para-hydroxylation sites is 1. The molecule has 24 heavy (non-hydrogen) atoms. The topological polar surface area (TPSA) is 72.4 Å². The molecule has 4 rings (SSSR count). The van der Waals surface area contributed by atoms with Crippen LogP contribution in [-0.4, -0.2) is 16.4 Å². The molecule has 0 radical (unpaired) electrons. The van der Waals surface area contributed by atoms with Crippen LogP contribution < -0.4 is 11.1 Å². The predicted molar refractivity (Wildman–Crippen MR) is 95.2 cm³/mol. The van der Waals surface area contributed by atoms with Crippen molar-refractivity contribution in [1.29, 1.82) is 0 Å². The third kappa shape index (κ3) is 2.56. The molecule has 3 aromatic rings. The minimum Gasteiger partial charge on any atom is -0.369 e. The zero-order valence-electron chi connectivity index (χ0n) is 12.9. The number of carbonyl (C=O) groups excluding carboxylic acids is 1. The summed E-state index contributed by atoms with van der Waals surface area (Å²) in [6.45, 7) is 0.766. The van der Waals surface area contributed by atoms with Crippen molar-refractivity contribution in [2.24, 2.45) is 10.7 Å². The van der Waals surface area contributed by atoms with Gasteiger partial charge in [-0.25, -0.2) is 4.99 Å². The highest BCUT2D eigenvalue weighted by molar-refractivity contribution is 6.13. The van der Waals surface area contributed by atoms with Gasteiger partial charge in [-0.15, -0.1) is 0 Å². The van der Waals surface area contributed by atoms with Gasteiger partial charge in [0.15, 0.2) is 0 Å². The molecule has 0 atom stereocenters. The van der Waals surface area contributed by atoms with Crippen molar-refractivity contribution in [3.8, 4) is 0 Å². The van der Waals surface area contributed by atoms with Crippen LogP contribution in [0, 0.1) is 0 Å². The molecule has 2 aromatic carbocycles. The Labute approximate surface area is 139 Å². The number of nitrogens with two attached hydrogens (primary N) is 1. The van der Waals surface area contributed by atoms with E-state index in [0.717, 1.165) is 23.0 Å². The van der Waals surface area contributed by atoms with Gasteiger partial charge in [-0.3, -0.25) is 10.1 Å². The molecule has 1 amide bonds. The van der Waals surface area contributed by atoms with Crippen LogP contribution in [-0.2, 0) is 11.3 Å². The first-order valence-electron chi connectivity index (χ1n) is 7.70. The van der Waals surface area contributed by atoms with E-state index in [1.807, 2.05) is 42.6 Å². The Kier molecular flexibility index (Phi) is 3.39. The van der Waals surface area contributed by atoms with Gasteiger partial charge in [0.05, 0.1) is 0 Å². The van der Waals surface area contributed by atoms with Gasteiger partial charge in [0, 0.05) is 29.2 Å². The number of benzene rings is 2. The van der Waals surface area contributed by atoms with E-state index in [1.165, 1.54) is 5.56 Å². The largest absolute Gasteiger partial charge is 0.369 e. The van der Waals surface area contributed by atoms with Crippen LogP contribution in [0.15, 0.2) is 71.5 Å². The molecule has 0 fully saturated rings. The third-order valence-corrected chi connectivity index (χ3v) is 4.02. The Hall–Kier alpha value is -3.34. The quantitative estimate of drug-likeness (QED) is 0.729. The highest BCUT2D eigenvalue weighted by atomic mass is 16.2. The minimum atomic E-state index is -0.271. The SMILES string of the molecule is NC1=N/C(=C/c2cn(Cc3ccccc3)c3ccccc23)C(=O)N1. The average molecular weight is 316 g/mol. The Morgan fingerprint density at radius 1 is 1.08 bits per heavy atom. The van der Waals surface area contributed by atoms with Crippen molar-refractivity contribution >= 4 is 28.8 Å². The molecule has 3 N–H and O–H groups in total. The standard InChI is InChI=1S/C19H16N4O/c20-19-21-16(18(24)22-19)10-14-12-23(11-13-6-2-1-3-7-13)17-9-5-4-8-15(14)17/h1-10,12H,11H2,(H3,20,21,22,24)/b16-10+. The summed E-state index contributed by atoms with van der Waals surface area (Å²) >= 11 is 0. The number of guanidine groups is 1. The summed E-state index contributed by atoms with van der Waals surface area (Å²) in [7, 11) is 0. The maximum absolute atomic E-state index is 11.8. The summed E-state index contributed by atoms with van der Waals surface area (Å²) in [6, 6.07) is 18.4. The second kappa shape index (κ2) is 5.70. The lowest BCUT2D eigenvalue weighted by Crippen LogP contribution is -2.30. The highest BCUT2D eigenvalue weighted by Gasteiger charge is 2.18. The number of amides is 1. The predicted octanol–water partition coefficient (Wildman–Crippen LogP) is 2.47. The summed E-state index contributed by atoms with van der Waals surface area (Å²) in [5.74, 6) is -0.133. The Morgan fingerprint density at radius 3 is 2.58 bits per heavy atom. The molecular weight excluding hydrogens is 300 g/mol. The monoisotopic (exact) mass is 316 g/mol. The summed E-state index contributed by atoms with van der Waals surface area (Å²) in [6.07, 6.45) is 3.82. The molecule has 0 unspecified atom stereocenters. The number of nitrogens with one attached hydrogen (secondary N) is 1. The minimum absolute atomic E-state index is 0.138. The molecule has 0 spiro atoms. The number of hydrogen-bond acceptors (Lipinski definition) is 3. The van der Waals surface area contributed by atoms with Crippen molar-refractivity contribution in [3.05, 3.63) is 77.6 Å². The molecule has 0 saturated carbocycles. The molecule has 2 heterocycles. The lowest BCUT2D eigenvalue weighted by Gasteiger charge is -2.05. The van der Waals surface area contributed by atoms with Crippen LogP contribution in [0.5, 0.6) is 0 Å². The van der Waals surface area contributed by atoms with Gasteiger partial charge in [0.2, 0.25) is 5.96 Å². The number of carbonyl (C=O) groups is 1. The molecule has 1 aromatic heterocycles. The lowest BCUT2D eigenvalue weighted by atomic mass is 10.1. The van der Waals surface area contributed by atoms with Gasteiger partial charge in [-0.05, 0) is 17.7 Å². The van der Waals surface area contributed by atoms with E-state index in [1.54, 1.807) is 6.08 Å². The molecule has 0 bridgehead atoms. The fourth-order valence-corrected chi connectivity index (χ4v) is 2.94. The van der Waals surface area contributed by atoms with Gasteiger partial charge < -0.3 is 10.3 Å². The maximum atomic E-state index is 11.8. The zero-order chi connectivity index (χ0) is 16.5. The van der Waals surface area contributed by atoms with Crippen LogP contribution >= 0.6 is 0 Å². The van der Waals surface area contributed by atoms with Crippen LogP contribution in [0.2, 0.25) is 0 Å². The number of hydrogen-bond donors (Lipinski definition) is 2. The van der Waals surface area contributed by atoms with Crippen LogP contribution in [0.3, 0.4) is 0 Å². The second-order valence-corrected chi connectivity index (χ2v) is 5.70. The number of rotatable bonds is 3. The average Bonchev–Trinajstić information content (AvgIpc) is 3.09. The van der Waals surface area contributed by atoms with E-state index in [4.69, 9.17) is 5.73 Å². The second-order valence-electron chi connectivity index (χ2n) is 5.70. The third-order valence-electron chi connectivity index (χ3n) is 4.02. The normalized spacial score (nSPS) is 15.8. The number of fused-ring (bicyclic) bond motifs is 1. The lowest BCUT2D eigenvalue weighted by molar-refractivity contribution is -0.115. The number of aromatic nitrogens is 1. The van der Waals surface area contributed by atoms with Crippen molar-refractivity contribution in [1.82, 2.24) is 9.88 Å². The van der Waals surface area contributed by atoms with Gasteiger partial charge in [-0.1, -0.05) is 48.5 Å². The summed E-state index contributed by atoms with van der Waals surface area (Å²) < 4.78 is 2.18. The Balaban J connectivity index is 1.80. The van der Waals surface area contributed by atoms with Crippen molar-refractivity contribution < 1.29 is 4.79 Å². The van der Waals surface area contributed by atoms with Crippen molar-refractivity contribution in [2.75, 3.05) is 0 Å². The van der Waals surface area contributed by atoms with E-state index in [-0.39, 0.29) is 11.9 Å². The smallest absolute Gasteiger partial charge is 0.276 e. The molecule has 1 aliphatic rings. The van der Waals surface area contributed by atoms with Crippen LogP contribution in [0.4, 0.5) is 0 Å². The van der Waals surface area contributed by atoms with Crippen molar-refractivity contribution in [3.63, 3.8) is 0 Å². The van der Waals surface area contributed by atoms with Gasteiger partial charge in [-0.2, -0.15) is 0 Å². The fourth-order valence-electron chi connectivity index (χ4n) is 2.94. The summed E-state index contributed by atoms with van der Waals surface area (Å²) in [5.41, 5.74) is 9.17. The maximum Gasteiger partial charge on any atom is 0.276 e. The molecule has 0 saturated heterocycles. The molecule has 118 valence electrons. The van der Waals surface area contributed by atoms with E-state index in [0.29, 0.717) is 5.70 Å². The molecule has 5 nitrogen and oxygen atoms in total. The van der Waals surface area contributed by atoms with Gasteiger partial charge >= 0.3 is 0 Å². The van der Waals surface area contributed by atoms with E-state index in [9.17, 15) is 4.79 Å².